The van der Waals surface area contributed by atoms with Gasteiger partial charge in [0.25, 0.3) is 0 Å². The number of benzene rings is 2. The van der Waals surface area contributed by atoms with Gasteiger partial charge in [-0.1, -0.05) is 35.3 Å². The summed E-state index contributed by atoms with van der Waals surface area (Å²) in [6, 6.07) is 12.3. The average molecular weight is 377 g/mol. The predicted molar refractivity (Wildman–Crippen MR) is 79.1 cm³/mol. The molecule has 17 heavy (non-hydrogen) atoms. The molecule has 0 N–H and O–H groups in total. The van der Waals surface area contributed by atoms with Gasteiger partial charge in [0.05, 0.1) is 10.0 Å². The van der Waals surface area contributed by atoms with Crippen LogP contribution in [0.1, 0.15) is 15.9 Å². The van der Waals surface area contributed by atoms with E-state index in [9.17, 15) is 4.79 Å². The minimum Gasteiger partial charge on any atom is -0.289 e. The van der Waals surface area contributed by atoms with E-state index in [1.165, 1.54) is 0 Å². The van der Waals surface area contributed by atoms with Crippen LogP contribution in [-0.4, -0.2) is 5.78 Å². The second kappa shape index (κ2) is 5.38. The lowest BCUT2D eigenvalue weighted by molar-refractivity contribution is 0.103. The van der Waals surface area contributed by atoms with E-state index >= 15 is 0 Å². The Labute approximate surface area is 123 Å². The highest BCUT2D eigenvalue weighted by atomic mass is 127. The van der Waals surface area contributed by atoms with Crippen molar-refractivity contribution in [1.29, 1.82) is 0 Å². The summed E-state index contributed by atoms with van der Waals surface area (Å²) in [5.41, 5.74) is 1.19. The maximum absolute atomic E-state index is 12.2. The normalized spacial score (nSPS) is 10.3. The number of carbonyl (C=O) groups is 1. The van der Waals surface area contributed by atoms with Gasteiger partial charge in [-0.05, 0) is 52.9 Å². The summed E-state index contributed by atoms with van der Waals surface area (Å²) in [7, 11) is 0. The molecule has 0 spiro atoms. The van der Waals surface area contributed by atoms with E-state index < -0.39 is 0 Å². The van der Waals surface area contributed by atoms with Crippen LogP contribution in [0.15, 0.2) is 42.5 Å². The first kappa shape index (κ1) is 12.9. The first-order valence-corrected chi connectivity index (χ1v) is 6.67. The van der Waals surface area contributed by atoms with Gasteiger partial charge in [0.1, 0.15) is 0 Å². The van der Waals surface area contributed by atoms with Gasteiger partial charge in [0.15, 0.2) is 5.78 Å². The summed E-state index contributed by atoms with van der Waals surface area (Å²) < 4.78 is 1.02. The van der Waals surface area contributed by atoms with Crippen molar-refractivity contribution in [1.82, 2.24) is 0 Å². The van der Waals surface area contributed by atoms with Crippen molar-refractivity contribution in [3.63, 3.8) is 0 Å². The van der Waals surface area contributed by atoms with Gasteiger partial charge >= 0.3 is 0 Å². The van der Waals surface area contributed by atoms with Gasteiger partial charge in [-0.15, -0.1) is 0 Å². The van der Waals surface area contributed by atoms with Crippen LogP contribution in [0, 0.1) is 3.57 Å². The lowest BCUT2D eigenvalue weighted by Crippen LogP contribution is -2.01. The zero-order chi connectivity index (χ0) is 12.4. The Balaban J connectivity index is 2.40. The van der Waals surface area contributed by atoms with E-state index in [2.05, 4.69) is 22.6 Å². The number of halogens is 3. The second-order valence-electron chi connectivity index (χ2n) is 3.47. The molecule has 0 aliphatic rings. The Morgan fingerprint density at radius 1 is 0.941 bits per heavy atom. The molecular weight excluding hydrogens is 370 g/mol. The van der Waals surface area contributed by atoms with E-state index in [1.54, 1.807) is 24.3 Å². The predicted octanol–water partition coefficient (Wildman–Crippen LogP) is 4.83. The van der Waals surface area contributed by atoms with Gasteiger partial charge in [-0.2, -0.15) is 0 Å². The van der Waals surface area contributed by atoms with Crippen LogP contribution in [0.5, 0.6) is 0 Å². The summed E-state index contributed by atoms with van der Waals surface area (Å²) in [6.45, 7) is 0. The molecule has 2 aromatic rings. The fourth-order valence-corrected chi connectivity index (χ4v) is 2.27. The molecule has 0 heterocycles. The van der Waals surface area contributed by atoms with Crippen LogP contribution < -0.4 is 0 Å². The number of rotatable bonds is 2. The average Bonchev–Trinajstić information content (AvgIpc) is 2.32. The van der Waals surface area contributed by atoms with Gasteiger partial charge in [0.2, 0.25) is 0 Å². The lowest BCUT2D eigenvalue weighted by Gasteiger charge is -2.03. The Morgan fingerprint density at radius 2 is 1.65 bits per heavy atom. The first-order chi connectivity index (χ1) is 8.08. The Bertz CT molecular complexity index is 581. The highest BCUT2D eigenvalue weighted by Crippen LogP contribution is 2.24. The van der Waals surface area contributed by atoms with Crippen molar-refractivity contribution < 1.29 is 4.79 Å². The third-order valence-corrected chi connectivity index (χ3v) is 3.68. The van der Waals surface area contributed by atoms with Crippen molar-refractivity contribution in [3.05, 3.63) is 67.2 Å². The fourth-order valence-electron chi connectivity index (χ4n) is 1.43. The smallest absolute Gasteiger partial charge is 0.193 e. The van der Waals surface area contributed by atoms with Gasteiger partial charge in [-0.25, -0.2) is 0 Å². The fraction of sp³-hybridized carbons (Fsp3) is 0. The van der Waals surface area contributed by atoms with Crippen LogP contribution >= 0.6 is 45.8 Å². The maximum Gasteiger partial charge on any atom is 0.193 e. The molecule has 0 fully saturated rings. The monoisotopic (exact) mass is 376 g/mol. The summed E-state index contributed by atoms with van der Waals surface area (Å²) in [4.78, 5) is 12.2. The molecule has 0 amide bonds. The van der Waals surface area contributed by atoms with E-state index in [1.807, 2.05) is 18.2 Å². The van der Waals surface area contributed by atoms with Crippen LogP contribution in [0.25, 0.3) is 0 Å². The molecule has 0 aromatic heterocycles. The molecule has 2 aromatic carbocycles. The number of ketones is 1. The highest BCUT2D eigenvalue weighted by Gasteiger charge is 2.10. The molecule has 0 aliphatic heterocycles. The van der Waals surface area contributed by atoms with Crippen molar-refractivity contribution in [2.24, 2.45) is 0 Å². The molecule has 0 saturated heterocycles. The summed E-state index contributed by atoms with van der Waals surface area (Å²) in [6.07, 6.45) is 0. The van der Waals surface area contributed by atoms with E-state index in [0.29, 0.717) is 21.2 Å². The quantitative estimate of drug-likeness (QED) is 0.542. The van der Waals surface area contributed by atoms with E-state index in [4.69, 9.17) is 23.2 Å². The van der Waals surface area contributed by atoms with Gasteiger partial charge in [-0.3, -0.25) is 4.79 Å². The zero-order valence-corrected chi connectivity index (χ0v) is 12.3. The van der Waals surface area contributed by atoms with Gasteiger partial charge < -0.3 is 0 Å². The molecule has 0 radical (unpaired) electrons. The largest absolute Gasteiger partial charge is 0.289 e. The third kappa shape index (κ3) is 3.00. The van der Waals surface area contributed by atoms with Crippen LogP contribution in [0.3, 0.4) is 0 Å². The second-order valence-corrected chi connectivity index (χ2v) is 5.53. The van der Waals surface area contributed by atoms with E-state index in [0.717, 1.165) is 3.57 Å². The zero-order valence-electron chi connectivity index (χ0n) is 8.58. The van der Waals surface area contributed by atoms with Crippen molar-refractivity contribution >= 4 is 51.6 Å². The summed E-state index contributed by atoms with van der Waals surface area (Å²) >= 11 is 13.9. The Hall–Kier alpha value is -0.580. The third-order valence-electron chi connectivity index (χ3n) is 2.27. The molecule has 0 unspecified atom stereocenters. The molecular formula is C13H7Cl2IO. The Morgan fingerprint density at radius 3 is 2.29 bits per heavy atom. The number of hydrogen-bond acceptors (Lipinski definition) is 1. The molecule has 0 bridgehead atoms. The van der Waals surface area contributed by atoms with Crippen LogP contribution in [-0.2, 0) is 0 Å². The molecule has 86 valence electrons. The molecule has 2 rings (SSSR count). The topological polar surface area (TPSA) is 17.1 Å². The number of carbonyl (C=O) groups excluding carboxylic acids is 1. The molecule has 1 nitrogen and oxygen atoms in total. The van der Waals surface area contributed by atoms with Gasteiger partial charge in [0, 0.05) is 14.7 Å². The first-order valence-electron chi connectivity index (χ1n) is 4.83. The highest BCUT2D eigenvalue weighted by molar-refractivity contribution is 14.1. The molecule has 4 heteroatoms. The SMILES string of the molecule is O=C(c1cccc(I)c1)c1ccc(Cl)c(Cl)c1. The minimum absolute atomic E-state index is 0.0536. The van der Waals surface area contributed by atoms with Crippen LogP contribution in [0.2, 0.25) is 10.0 Å². The maximum atomic E-state index is 12.2. The summed E-state index contributed by atoms with van der Waals surface area (Å²) in [5.74, 6) is -0.0536. The molecule has 0 saturated carbocycles. The minimum atomic E-state index is -0.0536. The molecule has 0 aliphatic carbocycles. The van der Waals surface area contributed by atoms with E-state index in [-0.39, 0.29) is 5.78 Å². The van der Waals surface area contributed by atoms with Crippen molar-refractivity contribution in [3.8, 4) is 0 Å². The van der Waals surface area contributed by atoms with Crippen molar-refractivity contribution in [2.45, 2.75) is 0 Å². The lowest BCUT2D eigenvalue weighted by atomic mass is 10.0. The number of hydrogen-bond donors (Lipinski definition) is 0. The Kier molecular flexibility index (Phi) is 4.07. The van der Waals surface area contributed by atoms with Crippen molar-refractivity contribution in [2.75, 3.05) is 0 Å². The standard InChI is InChI=1S/C13H7Cl2IO/c14-11-5-4-9(7-12(11)15)13(17)8-2-1-3-10(16)6-8/h1-7H. The summed E-state index contributed by atoms with van der Waals surface area (Å²) in [5, 5.41) is 0.842. The van der Waals surface area contributed by atoms with Crippen LogP contribution in [0.4, 0.5) is 0 Å². The molecule has 0 atom stereocenters.